The largest absolute Gasteiger partial charge is 0.392 e. The molecule has 0 unspecified atom stereocenters. The van der Waals surface area contributed by atoms with E-state index >= 15 is 0 Å². The van der Waals surface area contributed by atoms with Gasteiger partial charge in [-0.05, 0) is 53.1 Å². The van der Waals surface area contributed by atoms with Gasteiger partial charge in [-0.1, -0.05) is 91.9 Å². The molecule has 8 nitrogen and oxygen atoms in total. The molecule has 1 aliphatic rings. The van der Waals surface area contributed by atoms with Crippen molar-refractivity contribution in [3.63, 3.8) is 0 Å². The van der Waals surface area contributed by atoms with Gasteiger partial charge in [0.1, 0.15) is 5.69 Å². The number of aliphatic hydroxyl groups excluding tert-OH is 1. The fourth-order valence-corrected chi connectivity index (χ4v) is 5.96. The maximum absolute atomic E-state index is 12.8. The Morgan fingerprint density at radius 3 is 2.40 bits per heavy atom. The first-order valence-corrected chi connectivity index (χ1v) is 15.9. The van der Waals surface area contributed by atoms with Gasteiger partial charge in [0.15, 0.2) is 6.29 Å². The topological polar surface area (TPSA) is 96.8 Å². The molecular weight excluding hydrogens is 588 g/mol. The highest BCUT2D eigenvalue weighted by Crippen LogP contribution is 2.42. The van der Waals surface area contributed by atoms with Crippen molar-refractivity contribution >= 4 is 16.9 Å². The average molecular weight is 629 g/mol. The van der Waals surface area contributed by atoms with Crippen LogP contribution in [0.5, 0.6) is 0 Å². The number of nitrogens with one attached hydrogen (secondary N) is 1. The molecule has 0 aliphatic carbocycles. The third-order valence-corrected chi connectivity index (χ3v) is 8.63. The Hall–Kier alpha value is -4.73. The van der Waals surface area contributed by atoms with E-state index in [4.69, 9.17) is 9.47 Å². The number of benzene rings is 4. The first-order chi connectivity index (χ1) is 22.9. The molecule has 0 saturated carbocycles. The number of likely N-dealkylation sites (N-methyl/N-ethyl adjacent to an activating group) is 1. The van der Waals surface area contributed by atoms with E-state index in [1.54, 1.807) is 0 Å². The van der Waals surface area contributed by atoms with Gasteiger partial charge in [0.05, 0.1) is 36.0 Å². The van der Waals surface area contributed by atoms with Crippen LogP contribution in [-0.2, 0) is 22.6 Å². The van der Waals surface area contributed by atoms with Crippen molar-refractivity contribution in [2.75, 3.05) is 20.1 Å². The predicted octanol–water partition coefficient (Wildman–Crippen LogP) is 6.63. The molecule has 1 fully saturated rings. The van der Waals surface area contributed by atoms with E-state index in [9.17, 15) is 9.90 Å². The van der Waals surface area contributed by atoms with Crippen molar-refractivity contribution in [1.29, 1.82) is 0 Å². The summed E-state index contributed by atoms with van der Waals surface area (Å²) < 4.78 is 13.2. The van der Waals surface area contributed by atoms with Gasteiger partial charge in [0, 0.05) is 31.1 Å². The normalized spacial score (nSPS) is 19.5. The van der Waals surface area contributed by atoms with Crippen molar-refractivity contribution in [2.24, 2.45) is 5.92 Å². The minimum atomic E-state index is -0.537. The molecule has 4 aromatic carbocycles. The lowest BCUT2D eigenvalue weighted by Gasteiger charge is -2.42. The third-order valence-electron chi connectivity index (χ3n) is 8.63. The first-order valence-electron chi connectivity index (χ1n) is 15.9. The molecule has 0 bridgehead atoms. The van der Waals surface area contributed by atoms with E-state index in [1.165, 1.54) is 6.20 Å². The zero-order chi connectivity index (χ0) is 32.8. The van der Waals surface area contributed by atoms with Gasteiger partial charge in [0.25, 0.3) is 5.91 Å². The standard InChI is InChI=1S/C39H40N4O4/c1-4-20-43(3)24-36-26(2)37(30-14-12-27(25-44)13-15-30)47-39(46-36)31-18-16-29(17-19-31)32-9-7-8-28(21-32)22-41-38(45)35-23-40-33-10-5-6-11-34(33)42-35/h4-19,21,23,26,36-37,39,44H,1,20,22,24-25H2,2-3H3,(H,41,45)/t26-,36+,37+,39+/m1/s1. The van der Waals surface area contributed by atoms with Gasteiger partial charge in [0.2, 0.25) is 0 Å². The highest BCUT2D eigenvalue weighted by atomic mass is 16.7. The van der Waals surface area contributed by atoms with Crippen LogP contribution in [0.25, 0.3) is 22.2 Å². The second-order valence-electron chi connectivity index (χ2n) is 12.1. The summed E-state index contributed by atoms with van der Waals surface area (Å²) in [5.41, 5.74) is 7.66. The number of amides is 1. The molecule has 2 heterocycles. The van der Waals surface area contributed by atoms with Gasteiger partial charge >= 0.3 is 0 Å². The Morgan fingerprint density at radius 2 is 1.66 bits per heavy atom. The fraction of sp³-hybridized carbons (Fsp3) is 0.256. The number of fused-ring (bicyclic) bond motifs is 1. The van der Waals surface area contributed by atoms with Crippen LogP contribution in [0, 0.1) is 5.92 Å². The molecule has 5 aromatic rings. The Morgan fingerprint density at radius 1 is 0.915 bits per heavy atom. The van der Waals surface area contributed by atoms with Gasteiger partial charge in [-0.2, -0.15) is 0 Å². The third kappa shape index (κ3) is 7.64. The molecule has 6 rings (SSSR count). The van der Waals surface area contributed by atoms with Crippen LogP contribution in [0.15, 0.2) is 116 Å². The summed E-state index contributed by atoms with van der Waals surface area (Å²) in [6.45, 7) is 7.93. The SMILES string of the molecule is C=CCN(C)C[C@@H]1O[C@H](c2ccc(-c3cccc(CNC(=O)c4cnc5ccccc5n4)c3)cc2)O[C@H](c2ccc(CO)cc2)[C@@H]1C. The lowest BCUT2D eigenvalue weighted by Crippen LogP contribution is -2.43. The molecule has 2 N–H and O–H groups in total. The summed E-state index contributed by atoms with van der Waals surface area (Å²) >= 11 is 0. The Balaban J connectivity index is 1.16. The zero-order valence-corrected chi connectivity index (χ0v) is 26.8. The van der Waals surface area contributed by atoms with Crippen LogP contribution in [0.4, 0.5) is 0 Å². The predicted molar refractivity (Wildman–Crippen MR) is 183 cm³/mol. The van der Waals surface area contributed by atoms with Gasteiger partial charge < -0.3 is 24.8 Å². The number of rotatable bonds is 11. The second kappa shape index (κ2) is 14.8. The van der Waals surface area contributed by atoms with Crippen LogP contribution < -0.4 is 5.32 Å². The number of carbonyl (C=O) groups is 1. The van der Waals surface area contributed by atoms with Gasteiger partial charge in [-0.15, -0.1) is 6.58 Å². The minimum Gasteiger partial charge on any atom is -0.392 e. The van der Waals surface area contributed by atoms with Crippen molar-refractivity contribution in [3.8, 4) is 11.1 Å². The molecule has 1 aromatic heterocycles. The van der Waals surface area contributed by atoms with Gasteiger partial charge in [-0.3, -0.25) is 9.78 Å². The maximum Gasteiger partial charge on any atom is 0.271 e. The zero-order valence-electron chi connectivity index (χ0n) is 26.8. The van der Waals surface area contributed by atoms with E-state index in [0.29, 0.717) is 12.1 Å². The van der Waals surface area contributed by atoms with Crippen LogP contribution in [0.2, 0.25) is 0 Å². The fourth-order valence-electron chi connectivity index (χ4n) is 5.96. The highest BCUT2D eigenvalue weighted by molar-refractivity contribution is 5.93. The van der Waals surface area contributed by atoms with E-state index in [-0.39, 0.29) is 36.3 Å². The average Bonchev–Trinajstić information content (AvgIpc) is 3.11. The van der Waals surface area contributed by atoms with Crippen LogP contribution in [-0.4, -0.2) is 52.1 Å². The smallest absolute Gasteiger partial charge is 0.271 e. The molecule has 240 valence electrons. The quantitative estimate of drug-likeness (QED) is 0.159. The van der Waals surface area contributed by atoms with E-state index < -0.39 is 6.29 Å². The number of aliphatic hydroxyl groups is 1. The van der Waals surface area contributed by atoms with Crippen LogP contribution in [0.3, 0.4) is 0 Å². The Labute approximate surface area is 275 Å². The Bertz CT molecular complexity index is 1830. The van der Waals surface area contributed by atoms with Crippen LogP contribution >= 0.6 is 0 Å². The molecule has 1 aliphatic heterocycles. The summed E-state index contributed by atoms with van der Waals surface area (Å²) in [6.07, 6.45) is 2.63. The summed E-state index contributed by atoms with van der Waals surface area (Å²) in [5, 5.41) is 12.5. The number of aromatic nitrogens is 2. The molecule has 4 atom stereocenters. The van der Waals surface area contributed by atoms with Crippen molar-refractivity contribution in [1.82, 2.24) is 20.2 Å². The number of para-hydroxylation sites is 2. The van der Waals surface area contributed by atoms with Crippen molar-refractivity contribution < 1.29 is 19.4 Å². The Kier molecular flexibility index (Phi) is 10.1. The van der Waals surface area contributed by atoms with E-state index in [2.05, 4.69) is 77.1 Å². The highest BCUT2D eigenvalue weighted by Gasteiger charge is 2.38. The summed E-state index contributed by atoms with van der Waals surface area (Å²) in [5.74, 6) is -0.161. The minimum absolute atomic E-state index is 0.00642. The number of nitrogens with zero attached hydrogens (tertiary/aromatic N) is 3. The maximum atomic E-state index is 12.8. The van der Waals surface area contributed by atoms with E-state index in [1.807, 2.05) is 66.7 Å². The summed E-state index contributed by atoms with van der Waals surface area (Å²) in [6, 6.07) is 31.8. The number of hydrogen-bond donors (Lipinski definition) is 2. The van der Waals surface area contributed by atoms with Gasteiger partial charge in [-0.25, -0.2) is 4.98 Å². The lowest BCUT2D eigenvalue weighted by atomic mass is 9.90. The summed E-state index contributed by atoms with van der Waals surface area (Å²) in [7, 11) is 2.07. The number of hydrogen-bond acceptors (Lipinski definition) is 7. The van der Waals surface area contributed by atoms with E-state index in [0.717, 1.165) is 52.0 Å². The molecule has 0 spiro atoms. The molecule has 0 radical (unpaired) electrons. The lowest BCUT2D eigenvalue weighted by molar-refractivity contribution is -0.275. The molecule has 47 heavy (non-hydrogen) atoms. The van der Waals surface area contributed by atoms with Crippen LogP contribution in [0.1, 0.15) is 52.1 Å². The number of carbonyl (C=O) groups excluding carboxylic acids is 1. The molecule has 1 amide bonds. The second-order valence-corrected chi connectivity index (χ2v) is 12.1. The molecule has 1 saturated heterocycles. The van der Waals surface area contributed by atoms with Crippen molar-refractivity contribution in [3.05, 3.63) is 144 Å². The first kappa shape index (κ1) is 32.2. The van der Waals surface area contributed by atoms with Crippen molar-refractivity contribution in [2.45, 2.75) is 38.6 Å². The molecule has 8 heteroatoms. The monoisotopic (exact) mass is 628 g/mol. The summed E-state index contributed by atoms with van der Waals surface area (Å²) in [4.78, 5) is 23.8. The molecular formula is C39H40N4O4. The number of ether oxygens (including phenoxy) is 2.